The van der Waals surface area contributed by atoms with Crippen LogP contribution in [0.25, 0.3) is 0 Å². The molecule has 0 atom stereocenters. The van der Waals surface area contributed by atoms with Gasteiger partial charge >= 0.3 is 17.9 Å². The average Bonchev–Trinajstić information content (AvgIpc) is 2.35. The topological polar surface area (TPSA) is 102 Å². The first-order chi connectivity index (χ1) is 8.53. The number of aliphatic hydroxyl groups excluding tert-OH is 1. The van der Waals surface area contributed by atoms with E-state index in [9.17, 15) is 14.4 Å². The van der Waals surface area contributed by atoms with Gasteiger partial charge in [0, 0.05) is 12.2 Å². The van der Waals surface area contributed by atoms with Crippen LogP contribution in [0.5, 0.6) is 0 Å². The van der Waals surface area contributed by atoms with Crippen LogP contribution in [0.4, 0.5) is 0 Å². The number of halogens is 2. The van der Waals surface area contributed by atoms with Gasteiger partial charge in [0.1, 0.15) is 17.4 Å². The minimum absolute atomic E-state index is 0.0716. The second-order valence-corrected chi connectivity index (χ2v) is 3.63. The molecule has 0 aromatic rings. The summed E-state index contributed by atoms with van der Waals surface area (Å²) >= 11 is 5.67. The second-order valence-electron chi connectivity index (χ2n) is 2.51. The quantitative estimate of drug-likeness (QED) is 0.182. The fraction of sp³-hybridized carbons (Fsp3) is 0.333. The molecule has 0 aliphatic carbocycles. The van der Waals surface area contributed by atoms with Crippen LogP contribution in [0.3, 0.4) is 0 Å². The summed E-state index contributed by atoms with van der Waals surface area (Å²) in [4.78, 5) is 36.1. The zero-order valence-corrected chi connectivity index (χ0v) is 12.1. The number of aliphatic imine (C=N–C) groups is 1. The number of alkyl halides is 2. The van der Waals surface area contributed by atoms with Crippen LogP contribution < -0.4 is 0 Å². The molecule has 100 valence electrons. The molecule has 0 bridgehead atoms. The van der Waals surface area contributed by atoms with Crippen LogP contribution in [-0.4, -0.2) is 46.3 Å². The summed E-state index contributed by atoms with van der Waals surface area (Å²) in [6, 6.07) is 0. The number of hydrogen-bond donors (Lipinski definition) is 1. The van der Waals surface area contributed by atoms with E-state index in [2.05, 4.69) is 46.3 Å². The van der Waals surface area contributed by atoms with Crippen LogP contribution >= 0.6 is 31.9 Å². The van der Waals surface area contributed by atoms with Crippen molar-refractivity contribution < 1.29 is 29.0 Å². The maximum Gasteiger partial charge on any atom is 0.338 e. The van der Waals surface area contributed by atoms with Gasteiger partial charge in [-0.05, 0) is 0 Å². The third-order valence-corrected chi connectivity index (χ3v) is 2.16. The SMILES string of the molecule is O=C(/C=C\C(=N\CO)OC(=O)CBr)OC(=O)CBr. The highest BCUT2D eigenvalue weighted by atomic mass is 79.9. The Morgan fingerprint density at radius 1 is 1.06 bits per heavy atom. The van der Waals surface area contributed by atoms with Gasteiger partial charge in [0.2, 0.25) is 5.90 Å². The van der Waals surface area contributed by atoms with E-state index in [1.807, 2.05) is 0 Å². The highest BCUT2D eigenvalue weighted by Crippen LogP contribution is 1.94. The lowest BCUT2D eigenvalue weighted by molar-refractivity contribution is -0.154. The maximum atomic E-state index is 11.1. The zero-order chi connectivity index (χ0) is 14.0. The van der Waals surface area contributed by atoms with Crippen LogP contribution in [0.1, 0.15) is 0 Å². The van der Waals surface area contributed by atoms with Crippen molar-refractivity contribution in [1.29, 1.82) is 0 Å². The Labute approximate surface area is 119 Å². The van der Waals surface area contributed by atoms with Crippen molar-refractivity contribution in [2.75, 3.05) is 17.4 Å². The van der Waals surface area contributed by atoms with Gasteiger partial charge in [0.05, 0.1) is 0 Å². The predicted molar refractivity (Wildman–Crippen MR) is 68.4 cm³/mol. The lowest BCUT2D eigenvalue weighted by Crippen LogP contribution is -2.14. The fourth-order valence-corrected chi connectivity index (χ4v) is 0.874. The molecule has 0 unspecified atom stereocenters. The first-order valence-electron chi connectivity index (χ1n) is 4.44. The molecular weight excluding hydrogens is 378 g/mol. The number of nitrogens with zero attached hydrogens (tertiary/aromatic N) is 1. The summed E-state index contributed by atoms with van der Waals surface area (Å²) in [5.74, 6) is -2.63. The molecule has 0 saturated carbocycles. The monoisotopic (exact) mass is 385 g/mol. The molecule has 0 saturated heterocycles. The molecule has 0 rings (SSSR count). The van der Waals surface area contributed by atoms with Crippen molar-refractivity contribution in [3.8, 4) is 0 Å². The fourth-order valence-electron chi connectivity index (χ4n) is 0.645. The number of esters is 3. The Morgan fingerprint density at radius 3 is 2.11 bits per heavy atom. The van der Waals surface area contributed by atoms with Crippen molar-refractivity contribution in [1.82, 2.24) is 0 Å². The summed E-state index contributed by atoms with van der Waals surface area (Å²) in [6.07, 6.45) is 1.84. The molecule has 0 aliphatic rings. The summed E-state index contributed by atoms with van der Waals surface area (Å²) < 4.78 is 8.92. The first kappa shape index (κ1) is 16.9. The summed E-state index contributed by atoms with van der Waals surface area (Å²) in [7, 11) is 0. The van der Waals surface area contributed by atoms with Gasteiger partial charge in [-0.2, -0.15) is 0 Å². The lowest BCUT2D eigenvalue weighted by atomic mass is 10.5. The molecule has 9 heteroatoms. The number of hydrogen-bond acceptors (Lipinski definition) is 7. The Hall–Kier alpha value is -1.06. The van der Waals surface area contributed by atoms with Gasteiger partial charge in [-0.1, -0.05) is 31.9 Å². The van der Waals surface area contributed by atoms with Crippen molar-refractivity contribution in [2.24, 2.45) is 4.99 Å². The number of rotatable bonds is 5. The molecule has 0 aromatic carbocycles. The van der Waals surface area contributed by atoms with E-state index in [4.69, 9.17) is 5.11 Å². The lowest BCUT2D eigenvalue weighted by Gasteiger charge is -2.00. The minimum atomic E-state index is -0.944. The Morgan fingerprint density at radius 2 is 1.61 bits per heavy atom. The average molecular weight is 387 g/mol. The molecule has 7 nitrogen and oxygen atoms in total. The van der Waals surface area contributed by atoms with Crippen LogP contribution in [0.15, 0.2) is 17.1 Å². The minimum Gasteiger partial charge on any atom is -0.407 e. The Bertz CT molecular complexity index is 379. The van der Waals surface area contributed by atoms with Crippen molar-refractivity contribution >= 4 is 55.7 Å². The largest absolute Gasteiger partial charge is 0.407 e. The third-order valence-electron chi connectivity index (χ3n) is 1.24. The number of aliphatic hydroxyl groups is 1. The maximum absolute atomic E-state index is 11.1. The van der Waals surface area contributed by atoms with Crippen LogP contribution in [-0.2, 0) is 23.9 Å². The van der Waals surface area contributed by atoms with Crippen molar-refractivity contribution in [3.63, 3.8) is 0 Å². The van der Waals surface area contributed by atoms with Gasteiger partial charge < -0.3 is 14.6 Å². The van der Waals surface area contributed by atoms with E-state index in [1.165, 1.54) is 0 Å². The molecule has 18 heavy (non-hydrogen) atoms. The van der Waals surface area contributed by atoms with Gasteiger partial charge in [-0.15, -0.1) is 0 Å². The van der Waals surface area contributed by atoms with Crippen molar-refractivity contribution in [2.45, 2.75) is 0 Å². The van der Waals surface area contributed by atoms with Crippen LogP contribution in [0.2, 0.25) is 0 Å². The van der Waals surface area contributed by atoms with Crippen molar-refractivity contribution in [3.05, 3.63) is 12.2 Å². The van der Waals surface area contributed by atoms with E-state index in [1.54, 1.807) is 0 Å². The number of carbonyl (C=O) groups is 3. The standard InChI is InChI=1S/C9H9Br2NO6/c10-3-8(15)17-6(12-5-13)1-2-7(14)18-9(16)4-11/h1-2,13H,3-5H2/b2-1-,12-6-. The van der Waals surface area contributed by atoms with E-state index < -0.39 is 24.6 Å². The molecule has 0 amide bonds. The number of carbonyl (C=O) groups excluding carboxylic acids is 3. The zero-order valence-electron chi connectivity index (χ0n) is 8.97. The van der Waals surface area contributed by atoms with Gasteiger partial charge in [-0.3, -0.25) is 9.59 Å². The molecular formula is C9H9Br2NO6. The Kier molecular flexibility index (Phi) is 9.33. The normalized spacial score (nSPS) is 11.4. The smallest absolute Gasteiger partial charge is 0.338 e. The van der Waals surface area contributed by atoms with E-state index in [0.717, 1.165) is 12.2 Å². The molecule has 0 fully saturated rings. The molecule has 0 aromatic heterocycles. The molecule has 0 spiro atoms. The highest BCUT2D eigenvalue weighted by molar-refractivity contribution is 9.09. The molecule has 0 radical (unpaired) electrons. The van der Waals surface area contributed by atoms with Gasteiger partial charge in [-0.25, -0.2) is 9.79 Å². The summed E-state index contributed by atoms with van der Waals surface area (Å²) in [5, 5.41) is 8.38. The predicted octanol–water partition coefficient (Wildman–Crippen LogP) is 0.294. The summed E-state index contributed by atoms with van der Waals surface area (Å²) in [5.41, 5.74) is 0. The van der Waals surface area contributed by atoms with Crippen LogP contribution in [0, 0.1) is 0 Å². The van der Waals surface area contributed by atoms with E-state index >= 15 is 0 Å². The molecule has 0 heterocycles. The molecule has 0 aliphatic heterocycles. The Balaban J connectivity index is 4.49. The van der Waals surface area contributed by atoms with E-state index in [-0.39, 0.29) is 16.6 Å². The van der Waals surface area contributed by atoms with Gasteiger partial charge in [0.15, 0.2) is 0 Å². The molecule has 1 N–H and O–H groups in total. The second kappa shape index (κ2) is 9.92. The van der Waals surface area contributed by atoms with E-state index in [0.29, 0.717) is 0 Å². The highest BCUT2D eigenvalue weighted by Gasteiger charge is 2.07. The summed E-state index contributed by atoms with van der Waals surface area (Å²) in [6.45, 7) is -0.620. The first-order valence-corrected chi connectivity index (χ1v) is 6.68. The number of ether oxygens (including phenoxy) is 2. The third kappa shape index (κ3) is 8.09. The van der Waals surface area contributed by atoms with Gasteiger partial charge in [0.25, 0.3) is 0 Å².